The smallest absolute Gasteiger partial charge is 0.308 e. The summed E-state index contributed by atoms with van der Waals surface area (Å²) in [6, 6.07) is 8.42. The molecule has 0 N–H and O–H groups in total. The summed E-state index contributed by atoms with van der Waals surface area (Å²) in [7, 11) is 2.15. The molecule has 128 valence electrons. The van der Waals surface area contributed by atoms with Crippen LogP contribution in [-0.2, 0) is 16.0 Å². The van der Waals surface area contributed by atoms with Crippen LogP contribution in [0, 0.1) is 18.8 Å². The van der Waals surface area contributed by atoms with Gasteiger partial charge >= 0.3 is 5.97 Å². The minimum Gasteiger partial charge on any atom is -0.465 e. The van der Waals surface area contributed by atoms with Gasteiger partial charge in [-0.15, -0.1) is 0 Å². The van der Waals surface area contributed by atoms with Crippen molar-refractivity contribution in [3.63, 3.8) is 0 Å². The van der Waals surface area contributed by atoms with E-state index in [1.54, 1.807) is 0 Å². The summed E-state index contributed by atoms with van der Waals surface area (Å²) in [5.41, 5.74) is 2.65. The average molecular weight is 317 g/mol. The molecule has 0 bridgehead atoms. The zero-order chi connectivity index (χ0) is 16.7. The number of hydrogen-bond acceptors (Lipinski definition) is 3. The molecule has 0 aliphatic carbocycles. The van der Waals surface area contributed by atoms with Gasteiger partial charge in [0.05, 0.1) is 12.5 Å². The molecule has 1 aromatic carbocycles. The standard InChI is InChI=1S/C20H31NO2/c1-4-18(9-10-19-8-6-5-7-16(19)2)20(22)23-15-17-11-13-21(3)14-12-17/h5-8,17-18H,4,9-15H2,1-3H3. The van der Waals surface area contributed by atoms with E-state index in [1.807, 2.05) is 0 Å². The maximum Gasteiger partial charge on any atom is 0.308 e. The first-order chi connectivity index (χ1) is 11.1. The van der Waals surface area contributed by atoms with Crippen LogP contribution in [-0.4, -0.2) is 37.6 Å². The number of carbonyl (C=O) groups excluding carboxylic acids is 1. The Hall–Kier alpha value is -1.35. The third-order valence-corrected chi connectivity index (χ3v) is 5.15. The summed E-state index contributed by atoms with van der Waals surface area (Å²) >= 11 is 0. The van der Waals surface area contributed by atoms with E-state index >= 15 is 0 Å². The first kappa shape index (κ1) is 18.0. The molecule has 1 aromatic rings. The van der Waals surface area contributed by atoms with Crippen molar-refractivity contribution in [3.8, 4) is 0 Å². The van der Waals surface area contributed by atoms with E-state index in [1.165, 1.54) is 11.1 Å². The number of aryl methyl sites for hydroxylation is 2. The van der Waals surface area contributed by atoms with Crippen LogP contribution in [0.5, 0.6) is 0 Å². The molecule has 3 nitrogen and oxygen atoms in total. The number of hydrogen-bond donors (Lipinski definition) is 0. The molecule has 1 unspecified atom stereocenters. The fourth-order valence-corrected chi connectivity index (χ4v) is 3.26. The predicted molar refractivity (Wildman–Crippen MR) is 94.5 cm³/mol. The number of rotatable bonds is 7. The van der Waals surface area contributed by atoms with E-state index in [9.17, 15) is 4.79 Å². The predicted octanol–water partition coefficient (Wildman–Crippen LogP) is 3.84. The summed E-state index contributed by atoms with van der Waals surface area (Å²) in [4.78, 5) is 14.7. The Morgan fingerprint density at radius 1 is 1.30 bits per heavy atom. The van der Waals surface area contributed by atoms with Crippen LogP contribution in [0.15, 0.2) is 24.3 Å². The average Bonchev–Trinajstić information content (AvgIpc) is 2.56. The summed E-state index contributed by atoms with van der Waals surface area (Å²) in [6.07, 6.45) is 4.98. The Morgan fingerprint density at radius 2 is 2.00 bits per heavy atom. The van der Waals surface area contributed by atoms with Crippen LogP contribution < -0.4 is 0 Å². The molecule has 0 radical (unpaired) electrons. The van der Waals surface area contributed by atoms with Gasteiger partial charge in [-0.25, -0.2) is 0 Å². The Bertz CT molecular complexity index is 492. The molecule has 1 heterocycles. The number of esters is 1. The van der Waals surface area contributed by atoms with E-state index in [0.717, 1.165) is 45.2 Å². The molecule has 1 aliphatic heterocycles. The topological polar surface area (TPSA) is 29.5 Å². The van der Waals surface area contributed by atoms with Crippen molar-refractivity contribution in [1.82, 2.24) is 4.90 Å². The third-order valence-electron chi connectivity index (χ3n) is 5.15. The van der Waals surface area contributed by atoms with Crippen molar-refractivity contribution in [2.75, 3.05) is 26.7 Å². The van der Waals surface area contributed by atoms with Crippen LogP contribution in [0.2, 0.25) is 0 Å². The molecular formula is C20H31NO2. The van der Waals surface area contributed by atoms with Gasteiger partial charge in [-0.05, 0) is 76.2 Å². The molecule has 1 atom stereocenters. The lowest BCUT2D eigenvalue weighted by Gasteiger charge is -2.28. The minimum atomic E-state index is 0.0000113. The molecule has 0 spiro atoms. The molecule has 2 rings (SSSR count). The number of carbonyl (C=O) groups is 1. The number of benzene rings is 1. The summed E-state index contributed by atoms with van der Waals surface area (Å²) in [5, 5.41) is 0. The number of ether oxygens (including phenoxy) is 1. The Kier molecular flexibility index (Phi) is 7.10. The van der Waals surface area contributed by atoms with Gasteiger partial charge in [0.25, 0.3) is 0 Å². The molecule has 1 fully saturated rings. The van der Waals surface area contributed by atoms with Crippen molar-refractivity contribution < 1.29 is 9.53 Å². The van der Waals surface area contributed by atoms with Crippen LogP contribution in [0.1, 0.15) is 43.7 Å². The van der Waals surface area contributed by atoms with Gasteiger partial charge < -0.3 is 9.64 Å². The highest BCUT2D eigenvalue weighted by molar-refractivity contribution is 5.72. The molecule has 0 saturated carbocycles. The number of piperidine rings is 1. The lowest BCUT2D eigenvalue weighted by molar-refractivity contribution is -0.150. The zero-order valence-corrected chi connectivity index (χ0v) is 14.9. The van der Waals surface area contributed by atoms with Crippen LogP contribution in [0.4, 0.5) is 0 Å². The molecule has 23 heavy (non-hydrogen) atoms. The van der Waals surface area contributed by atoms with Gasteiger partial charge in [0.1, 0.15) is 0 Å². The van der Waals surface area contributed by atoms with Gasteiger partial charge in [-0.3, -0.25) is 4.79 Å². The van der Waals surface area contributed by atoms with Gasteiger partial charge in [-0.1, -0.05) is 31.2 Å². The van der Waals surface area contributed by atoms with Gasteiger partial charge in [-0.2, -0.15) is 0 Å². The second-order valence-electron chi connectivity index (χ2n) is 6.95. The summed E-state index contributed by atoms with van der Waals surface area (Å²) in [5.74, 6) is 0.574. The zero-order valence-electron chi connectivity index (χ0n) is 14.9. The first-order valence-electron chi connectivity index (χ1n) is 8.99. The summed E-state index contributed by atoms with van der Waals surface area (Å²) < 4.78 is 5.63. The number of likely N-dealkylation sites (tertiary alicyclic amines) is 1. The van der Waals surface area contributed by atoms with E-state index in [4.69, 9.17) is 4.74 Å². The highest BCUT2D eigenvalue weighted by atomic mass is 16.5. The van der Waals surface area contributed by atoms with E-state index in [2.05, 4.69) is 50.1 Å². The summed E-state index contributed by atoms with van der Waals surface area (Å²) in [6.45, 7) is 7.06. The van der Waals surface area contributed by atoms with E-state index in [-0.39, 0.29) is 11.9 Å². The van der Waals surface area contributed by atoms with Crippen LogP contribution in [0.25, 0.3) is 0 Å². The molecule has 3 heteroatoms. The molecule has 0 aromatic heterocycles. The first-order valence-corrected chi connectivity index (χ1v) is 8.99. The SMILES string of the molecule is CCC(CCc1ccccc1C)C(=O)OCC1CCN(C)CC1. The van der Waals surface area contributed by atoms with Crippen molar-refractivity contribution in [2.45, 2.75) is 46.0 Å². The van der Waals surface area contributed by atoms with Crippen molar-refractivity contribution in [3.05, 3.63) is 35.4 Å². The quantitative estimate of drug-likeness (QED) is 0.716. The minimum absolute atomic E-state index is 0.0000113. The highest BCUT2D eigenvalue weighted by Gasteiger charge is 2.22. The Morgan fingerprint density at radius 3 is 2.65 bits per heavy atom. The fourth-order valence-electron chi connectivity index (χ4n) is 3.26. The number of nitrogens with zero attached hydrogens (tertiary/aromatic N) is 1. The van der Waals surface area contributed by atoms with E-state index < -0.39 is 0 Å². The van der Waals surface area contributed by atoms with Gasteiger partial charge in [0.15, 0.2) is 0 Å². The lowest BCUT2D eigenvalue weighted by atomic mass is 9.95. The maximum absolute atomic E-state index is 12.4. The monoisotopic (exact) mass is 317 g/mol. The van der Waals surface area contributed by atoms with Crippen LogP contribution >= 0.6 is 0 Å². The normalized spacial score (nSPS) is 17.9. The second-order valence-corrected chi connectivity index (χ2v) is 6.95. The fraction of sp³-hybridized carbons (Fsp3) is 0.650. The van der Waals surface area contributed by atoms with Crippen molar-refractivity contribution in [2.24, 2.45) is 11.8 Å². The lowest BCUT2D eigenvalue weighted by Crippen LogP contribution is -2.33. The van der Waals surface area contributed by atoms with E-state index in [0.29, 0.717) is 12.5 Å². The van der Waals surface area contributed by atoms with Crippen molar-refractivity contribution in [1.29, 1.82) is 0 Å². The largest absolute Gasteiger partial charge is 0.465 e. The third kappa shape index (κ3) is 5.65. The Balaban J connectivity index is 1.76. The molecule has 1 saturated heterocycles. The maximum atomic E-state index is 12.4. The Labute approximate surface area is 141 Å². The van der Waals surface area contributed by atoms with Crippen molar-refractivity contribution >= 4 is 5.97 Å². The second kappa shape index (κ2) is 9.07. The van der Waals surface area contributed by atoms with Gasteiger partial charge in [0.2, 0.25) is 0 Å². The van der Waals surface area contributed by atoms with Crippen LogP contribution in [0.3, 0.4) is 0 Å². The van der Waals surface area contributed by atoms with Gasteiger partial charge in [0, 0.05) is 0 Å². The highest BCUT2D eigenvalue weighted by Crippen LogP contribution is 2.20. The molecule has 1 aliphatic rings. The molecular weight excluding hydrogens is 286 g/mol. The molecule has 0 amide bonds.